The Morgan fingerprint density at radius 3 is 2.86 bits per heavy atom. The van der Waals surface area contributed by atoms with Gasteiger partial charge in [0.15, 0.2) is 0 Å². The highest BCUT2D eigenvalue weighted by Crippen LogP contribution is 2.41. The summed E-state index contributed by atoms with van der Waals surface area (Å²) >= 11 is 3.24. The minimum absolute atomic E-state index is 0.152. The fourth-order valence-corrected chi connectivity index (χ4v) is 5.10. The molecule has 1 aromatic carbocycles. The minimum Gasteiger partial charge on any atom is -0.497 e. The van der Waals surface area contributed by atoms with Gasteiger partial charge in [0.2, 0.25) is 0 Å². The molecule has 0 atom stereocenters. The molecule has 0 saturated heterocycles. The lowest BCUT2D eigenvalue weighted by molar-refractivity contribution is 0.102. The number of anilines is 1. The molecule has 144 valence electrons. The summed E-state index contributed by atoms with van der Waals surface area (Å²) in [6, 6.07) is 9.34. The Morgan fingerprint density at radius 1 is 1.21 bits per heavy atom. The third kappa shape index (κ3) is 3.68. The van der Waals surface area contributed by atoms with Gasteiger partial charge in [-0.15, -0.1) is 22.7 Å². The number of methoxy groups -OCH3 is 2. The molecule has 1 amide bonds. The highest BCUT2D eigenvalue weighted by Gasteiger charge is 2.27. The summed E-state index contributed by atoms with van der Waals surface area (Å²) in [4.78, 5) is 20.1. The Kier molecular flexibility index (Phi) is 5.45. The number of carbonyl (C=O) groups is 1. The number of aliphatic imine (C=N–C) groups is 1. The molecule has 7 heteroatoms. The largest absolute Gasteiger partial charge is 0.497 e. The first-order valence-corrected chi connectivity index (χ1v) is 10.6. The summed E-state index contributed by atoms with van der Waals surface area (Å²) in [5, 5.41) is 5.77. The van der Waals surface area contributed by atoms with E-state index in [0.29, 0.717) is 22.7 Å². The Hall–Kier alpha value is -2.64. The second kappa shape index (κ2) is 8.16. The number of ether oxygens (including phenoxy) is 2. The van der Waals surface area contributed by atoms with E-state index in [0.717, 1.165) is 34.7 Å². The van der Waals surface area contributed by atoms with Crippen LogP contribution < -0.4 is 14.8 Å². The molecule has 0 fully saturated rings. The van der Waals surface area contributed by atoms with Crippen LogP contribution in [0.2, 0.25) is 0 Å². The molecule has 1 aliphatic carbocycles. The molecule has 28 heavy (non-hydrogen) atoms. The van der Waals surface area contributed by atoms with Gasteiger partial charge in [-0.3, -0.25) is 4.79 Å². The fraction of sp³-hybridized carbons (Fsp3) is 0.238. The van der Waals surface area contributed by atoms with Gasteiger partial charge >= 0.3 is 0 Å². The van der Waals surface area contributed by atoms with Crippen molar-refractivity contribution >= 4 is 45.5 Å². The maximum absolute atomic E-state index is 13.2. The highest BCUT2D eigenvalue weighted by molar-refractivity contribution is 7.16. The topological polar surface area (TPSA) is 59.9 Å². The van der Waals surface area contributed by atoms with Gasteiger partial charge in [0.05, 0.1) is 25.5 Å². The Morgan fingerprint density at radius 2 is 2.11 bits per heavy atom. The van der Waals surface area contributed by atoms with E-state index in [4.69, 9.17) is 9.47 Å². The van der Waals surface area contributed by atoms with Crippen molar-refractivity contribution in [2.24, 2.45) is 4.99 Å². The van der Waals surface area contributed by atoms with Crippen molar-refractivity contribution in [1.29, 1.82) is 0 Å². The number of rotatable bonds is 6. The van der Waals surface area contributed by atoms with Crippen molar-refractivity contribution in [1.82, 2.24) is 0 Å². The number of amides is 1. The molecular weight excluding hydrogens is 392 g/mol. The number of nitrogens with one attached hydrogen (secondary N) is 1. The lowest BCUT2D eigenvalue weighted by Crippen LogP contribution is -2.14. The average Bonchev–Trinajstić information content (AvgIpc) is 3.43. The van der Waals surface area contributed by atoms with Crippen LogP contribution in [0.1, 0.15) is 32.1 Å². The quantitative estimate of drug-likeness (QED) is 0.558. The first-order chi connectivity index (χ1) is 13.7. The lowest BCUT2D eigenvalue weighted by Gasteiger charge is -2.12. The molecule has 2 heterocycles. The van der Waals surface area contributed by atoms with Gasteiger partial charge in [0.25, 0.3) is 5.91 Å². The van der Waals surface area contributed by atoms with Crippen molar-refractivity contribution in [3.8, 4) is 11.5 Å². The second-order valence-corrected chi connectivity index (χ2v) is 8.39. The lowest BCUT2D eigenvalue weighted by atomic mass is 10.1. The van der Waals surface area contributed by atoms with Crippen molar-refractivity contribution in [2.75, 3.05) is 19.5 Å². The predicted octanol–water partition coefficient (Wildman–Crippen LogP) is 5.32. The maximum Gasteiger partial charge on any atom is 0.259 e. The van der Waals surface area contributed by atoms with Crippen LogP contribution in [0.25, 0.3) is 0 Å². The van der Waals surface area contributed by atoms with Crippen LogP contribution in [0.3, 0.4) is 0 Å². The molecular formula is C21H20N2O3S2. The number of fused-ring (bicyclic) bond motifs is 1. The Labute approximate surface area is 171 Å². The molecule has 0 spiro atoms. The minimum atomic E-state index is -0.152. The molecule has 2 aromatic heterocycles. The van der Waals surface area contributed by atoms with Gasteiger partial charge in [-0.1, -0.05) is 6.07 Å². The number of benzene rings is 1. The van der Waals surface area contributed by atoms with Crippen molar-refractivity contribution in [3.63, 3.8) is 0 Å². The number of aryl methyl sites for hydroxylation is 1. The Balaban J connectivity index is 1.66. The third-order valence-corrected chi connectivity index (χ3v) is 6.65. The van der Waals surface area contributed by atoms with Crippen molar-refractivity contribution in [3.05, 3.63) is 56.6 Å². The van der Waals surface area contributed by atoms with E-state index in [2.05, 4.69) is 10.3 Å². The summed E-state index contributed by atoms with van der Waals surface area (Å²) < 4.78 is 10.6. The third-order valence-electron chi connectivity index (χ3n) is 4.64. The molecule has 5 nitrogen and oxygen atoms in total. The zero-order valence-electron chi connectivity index (χ0n) is 15.7. The molecule has 3 aromatic rings. The maximum atomic E-state index is 13.2. The number of thiophene rings is 2. The zero-order valence-corrected chi connectivity index (χ0v) is 17.3. The summed E-state index contributed by atoms with van der Waals surface area (Å²) in [6.45, 7) is 0. The molecule has 0 radical (unpaired) electrons. The molecule has 0 bridgehead atoms. The van der Waals surface area contributed by atoms with Crippen LogP contribution in [-0.2, 0) is 12.8 Å². The zero-order chi connectivity index (χ0) is 19.5. The van der Waals surface area contributed by atoms with Gasteiger partial charge in [-0.25, -0.2) is 4.99 Å². The van der Waals surface area contributed by atoms with Crippen molar-refractivity contribution < 1.29 is 14.3 Å². The van der Waals surface area contributed by atoms with E-state index < -0.39 is 0 Å². The summed E-state index contributed by atoms with van der Waals surface area (Å²) in [5.74, 6) is 1.08. The number of hydrogen-bond donors (Lipinski definition) is 1. The summed E-state index contributed by atoms with van der Waals surface area (Å²) in [5.41, 5.74) is 2.43. The normalized spacial score (nSPS) is 12.9. The highest BCUT2D eigenvalue weighted by atomic mass is 32.1. The number of carbonyl (C=O) groups excluding carboxylic acids is 1. The van der Waals surface area contributed by atoms with Crippen molar-refractivity contribution in [2.45, 2.75) is 19.3 Å². The predicted molar refractivity (Wildman–Crippen MR) is 115 cm³/mol. The summed E-state index contributed by atoms with van der Waals surface area (Å²) in [6.07, 6.45) is 4.85. The van der Waals surface area contributed by atoms with Gasteiger partial charge < -0.3 is 14.8 Å². The van der Waals surface area contributed by atoms with Gasteiger partial charge in [-0.2, -0.15) is 0 Å². The van der Waals surface area contributed by atoms with E-state index in [1.807, 2.05) is 23.7 Å². The first-order valence-electron chi connectivity index (χ1n) is 8.95. The van der Waals surface area contributed by atoms with Crippen LogP contribution in [0.15, 0.2) is 40.7 Å². The van der Waals surface area contributed by atoms with Gasteiger partial charge in [-0.05, 0) is 48.4 Å². The molecule has 0 saturated carbocycles. The molecule has 4 rings (SSSR count). The van der Waals surface area contributed by atoms with E-state index >= 15 is 0 Å². The molecule has 1 N–H and O–H groups in total. The van der Waals surface area contributed by atoms with E-state index in [1.54, 1.807) is 55.1 Å². The van der Waals surface area contributed by atoms with E-state index in [1.165, 1.54) is 4.88 Å². The molecule has 1 aliphatic rings. The standard InChI is InChI=1S/C21H20N2O3S2/c1-25-13-8-9-16(17(11-13)26-2)23-20(24)19-15-6-3-7-18(15)28-21(19)22-12-14-5-4-10-27-14/h4-5,8-12H,3,6-7H2,1-2H3,(H,23,24)/b22-12+. The van der Waals surface area contributed by atoms with Crippen LogP contribution in [-0.4, -0.2) is 26.3 Å². The smallest absolute Gasteiger partial charge is 0.259 e. The van der Waals surface area contributed by atoms with Crippen LogP contribution in [0.4, 0.5) is 10.7 Å². The van der Waals surface area contributed by atoms with Gasteiger partial charge in [0.1, 0.15) is 16.5 Å². The van der Waals surface area contributed by atoms with Crippen LogP contribution in [0.5, 0.6) is 11.5 Å². The first kappa shape index (κ1) is 18.7. The Bertz CT molecular complexity index is 1020. The fourth-order valence-electron chi connectivity index (χ4n) is 3.29. The summed E-state index contributed by atoms with van der Waals surface area (Å²) in [7, 11) is 3.17. The SMILES string of the molecule is COc1ccc(NC(=O)c2c(/N=C/c3cccs3)sc3c2CCC3)c(OC)c1. The number of nitrogens with zero attached hydrogens (tertiary/aromatic N) is 1. The number of hydrogen-bond acceptors (Lipinski definition) is 6. The van der Waals surface area contributed by atoms with Gasteiger partial charge in [0, 0.05) is 22.0 Å². The molecule has 0 unspecified atom stereocenters. The second-order valence-electron chi connectivity index (χ2n) is 6.33. The van der Waals surface area contributed by atoms with E-state index in [9.17, 15) is 4.79 Å². The molecule has 0 aliphatic heterocycles. The van der Waals surface area contributed by atoms with Crippen LogP contribution >= 0.6 is 22.7 Å². The average molecular weight is 413 g/mol. The monoisotopic (exact) mass is 412 g/mol. The van der Waals surface area contributed by atoms with E-state index in [-0.39, 0.29) is 5.91 Å². The van der Waals surface area contributed by atoms with Crippen LogP contribution in [0, 0.1) is 0 Å².